The van der Waals surface area contributed by atoms with Crippen molar-refractivity contribution < 1.29 is 9.53 Å². The zero-order valence-corrected chi connectivity index (χ0v) is 18.8. The molecular formula is C22H32N4O2S. The maximum atomic E-state index is 12.6. The van der Waals surface area contributed by atoms with Gasteiger partial charge in [0.2, 0.25) is 5.91 Å². The monoisotopic (exact) mass is 416 g/mol. The van der Waals surface area contributed by atoms with Crippen LogP contribution in [0.4, 0.5) is 0 Å². The fourth-order valence-electron chi connectivity index (χ4n) is 3.94. The molecule has 7 heteroatoms. The van der Waals surface area contributed by atoms with Crippen LogP contribution in [0.2, 0.25) is 0 Å². The number of aromatic nitrogens is 3. The Labute approximate surface area is 177 Å². The highest BCUT2D eigenvalue weighted by Crippen LogP contribution is 2.31. The van der Waals surface area contributed by atoms with E-state index in [-0.39, 0.29) is 18.0 Å². The first-order chi connectivity index (χ1) is 13.9. The Hall–Kier alpha value is -2.02. The highest BCUT2D eigenvalue weighted by atomic mass is 32.2. The molecule has 3 atom stereocenters. The summed E-state index contributed by atoms with van der Waals surface area (Å²) in [6.45, 7) is 8.74. The van der Waals surface area contributed by atoms with Crippen LogP contribution in [-0.4, -0.2) is 39.6 Å². The predicted octanol–water partition coefficient (Wildman–Crippen LogP) is 4.57. The SMILES string of the molecule is COc1ccc(-c2nnc(SCC(=O)N[C@H]3CCC[C@H](C)[C@@H]3C)n2C(C)C)cc1. The Balaban J connectivity index is 1.67. The molecule has 1 aliphatic rings. The van der Waals surface area contributed by atoms with Crippen molar-refractivity contribution in [1.82, 2.24) is 20.1 Å². The average molecular weight is 417 g/mol. The molecule has 6 nitrogen and oxygen atoms in total. The van der Waals surface area contributed by atoms with Crippen molar-refractivity contribution in [2.75, 3.05) is 12.9 Å². The van der Waals surface area contributed by atoms with E-state index in [1.54, 1.807) is 7.11 Å². The van der Waals surface area contributed by atoms with Crippen LogP contribution in [0.5, 0.6) is 5.75 Å². The first-order valence-electron chi connectivity index (χ1n) is 10.4. The second-order valence-electron chi connectivity index (χ2n) is 8.23. The lowest BCUT2D eigenvalue weighted by molar-refractivity contribution is -0.120. The van der Waals surface area contributed by atoms with Crippen molar-refractivity contribution >= 4 is 17.7 Å². The molecule has 0 aliphatic heterocycles. The van der Waals surface area contributed by atoms with E-state index in [0.717, 1.165) is 28.7 Å². The van der Waals surface area contributed by atoms with Crippen LogP contribution in [-0.2, 0) is 4.79 Å². The van der Waals surface area contributed by atoms with E-state index in [2.05, 4.69) is 47.8 Å². The number of nitrogens with zero attached hydrogens (tertiary/aromatic N) is 3. The van der Waals surface area contributed by atoms with Crippen LogP contribution in [0.1, 0.15) is 53.0 Å². The van der Waals surface area contributed by atoms with Crippen LogP contribution in [0.3, 0.4) is 0 Å². The molecule has 1 N–H and O–H groups in total. The van der Waals surface area contributed by atoms with Crippen LogP contribution in [0.15, 0.2) is 29.4 Å². The minimum absolute atomic E-state index is 0.0743. The largest absolute Gasteiger partial charge is 0.497 e. The van der Waals surface area contributed by atoms with Gasteiger partial charge in [-0.15, -0.1) is 10.2 Å². The number of thioether (sulfide) groups is 1. The number of carbonyl (C=O) groups excluding carboxylic acids is 1. The second kappa shape index (κ2) is 9.65. The number of hydrogen-bond donors (Lipinski definition) is 1. The van der Waals surface area contributed by atoms with Crippen molar-refractivity contribution in [3.8, 4) is 17.1 Å². The highest BCUT2D eigenvalue weighted by Gasteiger charge is 2.28. The molecule has 1 saturated carbocycles. The molecule has 1 amide bonds. The maximum absolute atomic E-state index is 12.6. The number of amides is 1. The van der Waals surface area contributed by atoms with Crippen molar-refractivity contribution in [3.63, 3.8) is 0 Å². The zero-order valence-electron chi connectivity index (χ0n) is 18.0. The molecule has 1 aromatic carbocycles. The van der Waals surface area contributed by atoms with E-state index in [0.29, 0.717) is 17.6 Å². The topological polar surface area (TPSA) is 69.0 Å². The average Bonchev–Trinajstić information content (AvgIpc) is 3.14. The van der Waals surface area contributed by atoms with E-state index >= 15 is 0 Å². The van der Waals surface area contributed by atoms with Gasteiger partial charge < -0.3 is 10.1 Å². The number of hydrogen-bond acceptors (Lipinski definition) is 5. The first-order valence-corrected chi connectivity index (χ1v) is 11.4. The van der Waals surface area contributed by atoms with E-state index in [4.69, 9.17) is 4.74 Å². The molecule has 1 aromatic heterocycles. The third-order valence-electron chi connectivity index (χ3n) is 5.91. The first kappa shape index (κ1) is 21.7. The van der Waals surface area contributed by atoms with Crippen molar-refractivity contribution in [2.24, 2.45) is 11.8 Å². The van der Waals surface area contributed by atoms with Crippen LogP contribution >= 0.6 is 11.8 Å². The summed E-state index contributed by atoms with van der Waals surface area (Å²) in [5, 5.41) is 12.8. The molecule has 0 bridgehead atoms. The fraction of sp³-hybridized carbons (Fsp3) is 0.591. The molecular weight excluding hydrogens is 384 g/mol. The molecule has 1 fully saturated rings. The summed E-state index contributed by atoms with van der Waals surface area (Å²) in [6.07, 6.45) is 3.52. The second-order valence-corrected chi connectivity index (χ2v) is 9.17. The quantitative estimate of drug-likeness (QED) is 0.670. The lowest BCUT2D eigenvalue weighted by Gasteiger charge is -2.34. The van der Waals surface area contributed by atoms with Crippen LogP contribution < -0.4 is 10.1 Å². The third kappa shape index (κ3) is 5.13. The van der Waals surface area contributed by atoms with Gasteiger partial charge in [0.25, 0.3) is 0 Å². The Morgan fingerprint density at radius 1 is 1.24 bits per heavy atom. The smallest absolute Gasteiger partial charge is 0.230 e. The molecule has 0 unspecified atom stereocenters. The summed E-state index contributed by atoms with van der Waals surface area (Å²) < 4.78 is 7.33. The lowest BCUT2D eigenvalue weighted by atomic mass is 9.78. The van der Waals surface area contributed by atoms with Gasteiger partial charge in [0, 0.05) is 17.6 Å². The predicted molar refractivity (Wildman–Crippen MR) is 117 cm³/mol. The molecule has 0 radical (unpaired) electrons. The molecule has 158 valence electrons. The molecule has 0 spiro atoms. The molecule has 1 aliphatic carbocycles. The Morgan fingerprint density at radius 2 is 1.97 bits per heavy atom. The van der Waals surface area contributed by atoms with Crippen molar-refractivity contribution in [3.05, 3.63) is 24.3 Å². The van der Waals surface area contributed by atoms with Gasteiger partial charge in [0.05, 0.1) is 12.9 Å². The summed E-state index contributed by atoms with van der Waals surface area (Å²) >= 11 is 1.45. The number of nitrogens with one attached hydrogen (secondary N) is 1. The zero-order chi connectivity index (χ0) is 21.0. The van der Waals surface area contributed by atoms with E-state index in [9.17, 15) is 4.79 Å². The number of ether oxygens (including phenoxy) is 1. The fourth-order valence-corrected chi connectivity index (χ4v) is 4.82. The Kier molecular flexibility index (Phi) is 7.22. The van der Waals surface area contributed by atoms with Gasteiger partial charge >= 0.3 is 0 Å². The van der Waals surface area contributed by atoms with E-state index in [1.165, 1.54) is 24.6 Å². The number of benzene rings is 1. The van der Waals surface area contributed by atoms with Gasteiger partial charge in [0.15, 0.2) is 11.0 Å². The highest BCUT2D eigenvalue weighted by molar-refractivity contribution is 7.99. The number of carbonyl (C=O) groups is 1. The van der Waals surface area contributed by atoms with Crippen LogP contribution in [0.25, 0.3) is 11.4 Å². The molecule has 1 heterocycles. The third-order valence-corrected chi connectivity index (χ3v) is 6.86. The van der Waals surface area contributed by atoms with Gasteiger partial charge in [-0.3, -0.25) is 9.36 Å². The maximum Gasteiger partial charge on any atom is 0.230 e. The number of methoxy groups -OCH3 is 1. The molecule has 2 aromatic rings. The molecule has 3 rings (SSSR count). The van der Waals surface area contributed by atoms with Gasteiger partial charge in [-0.2, -0.15) is 0 Å². The van der Waals surface area contributed by atoms with Crippen LogP contribution in [0, 0.1) is 11.8 Å². The van der Waals surface area contributed by atoms with Gasteiger partial charge in [0.1, 0.15) is 5.75 Å². The minimum atomic E-state index is 0.0743. The summed E-state index contributed by atoms with van der Waals surface area (Å²) in [7, 11) is 1.65. The Morgan fingerprint density at radius 3 is 2.62 bits per heavy atom. The summed E-state index contributed by atoms with van der Waals surface area (Å²) in [5.41, 5.74) is 0.980. The number of rotatable bonds is 7. The summed E-state index contributed by atoms with van der Waals surface area (Å²) in [6, 6.07) is 8.27. The lowest BCUT2D eigenvalue weighted by Crippen LogP contribution is -2.44. The minimum Gasteiger partial charge on any atom is -0.497 e. The van der Waals surface area contributed by atoms with Gasteiger partial charge in [-0.25, -0.2) is 0 Å². The summed E-state index contributed by atoms with van der Waals surface area (Å²) in [4.78, 5) is 12.6. The van der Waals surface area contributed by atoms with E-state index in [1.807, 2.05) is 24.3 Å². The van der Waals surface area contributed by atoms with Gasteiger partial charge in [-0.1, -0.05) is 38.5 Å². The summed E-state index contributed by atoms with van der Waals surface area (Å²) in [5.74, 6) is 3.23. The Bertz CT molecular complexity index is 819. The van der Waals surface area contributed by atoms with Crippen molar-refractivity contribution in [2.45, 2.75) is 64.2 Å². The van der Waals surface area contributed by atoms with E-state index < -0.39 is 0 Å². The molecule has 29 heavy (non-hydrogen) atoms. The normalized spacial score (nSPS) is 21.9. The molecule has 0 saturated heterocycles. The van der Waals surface area contributed by atoms with Gasteiger partial charge in [-0.05, 0) is 56.4 Å². The standard InChI is InChI=1S/C22H32N4O2S/c1-14(2)26-21(17-9-11-18(28-5)12-10-17)24-25-22(26)29-13-20(27)23-19-8-6-7-15(3)16(19)4/h9-12,14-16,19H,6-8,13H2,1-5H3,(H,23,27)/t15-,16-,19-/m0/s1. The van der Waals surface area contributed by atoms with Crippen molar-refractivity contribution in [1.29, 1.82) is 0 Å².